The first-order valence-electron chi connectivity index (χ1n) is 8.89. The molecule has 2 aromatic carbocycles. The number of amides is 1. The Morgan fingerprint density at radius 1 is 1.07 bits per heavy atom. The largest absolute Gasteiger partial charge is 0.465 e. The van der Waals surface area contributed by atoms with E-state index in [1.807, 2.05) is 30.3 Å². The molecule has 0 aliphatic carbocycles. The van der Waals surface area contributed by atoms with E-state index in [2.05, 4.69) is 27.2 Å². The van der Waals surface area contributed by atoms with Gasteiger partial charge >= 0.3 is 5.97 Å². The van der Waals surface area contributed by atoms with Crippen LogP contribution in [0, 0.1) is 0 Å². The first kappa shape index (κ1) is 19.8. The maximum Gasteiger partial charge on any atom is 0.337 e. The molecule has 0 aliphatic heterocycles. The molecule has 29 heavy (non-hydrogen) atoms. The van der Waals surface area contributed by atoms with Crippen LogP contribution in [0.5, 0.6) is 0 Å². The number of hydrogen-bond donors (Lipinski definition) is 2. The van der Waals surface area contributed by atoms with Gasteiger partial charge in [-0.05, 0) is 18.2 Å². The van der Waals surface area contributed by atoms with Gasteiger partial charge in [-0.3, -0.25) is 4.79 Å². The van der Waals surface area contributed by atoms with Crippen molar-refractivity contribution >= 4 is 23.4 Å². The molecule has 7 nitrogen and oxygen atoms in total. The molecule has 3 rings (SSSR count). The third-order valence-electron chi connectivity index (χ3n) is 3.96. The van der Waals surface area contributed by atoms with Crippen LogP contribution in [0.25, 0.3) is 11.4 Å². The lowest BCUT2D eigenvalue weighted by Gasteiger charge is -2.10. The van der Waals surface area contributed by atoms with Crippen LogP contribution in [-0.2, 0) is 4.74 Å². The SMILES string of the molecule is C=CCNc1cc(C(=O)Nc2cccc(C(=O)OC)c2)nc(-c2ccccc2)n1. The molecule has 146 valence electrons. The second-order valence-corrected chi connectivity index (χ2v) is 6.02. The summed E-state index contributed by atoms with van der Waals surface area (Å²) in [7, 11) is 1.30. The number of rotatable bonds is 7. The maximum atomic E-state index is 12.8. The molecule has 1 amide bonds. The van der Waals surface area contributed by atoms with Gasteiger partial charge in [0.2, 0.25) is 0 Å². The lowest BCUT2D eigenvalue weighted by atomic mass is 10.2. The highest BCUT2D eigenvalue weighted by atomic mass is 16.5. The molecule has 0 unspecified atom stereocenters. The number of ether oxygens (including phenoxy) is 1. The summed E-state index contributed by atoms with van der Waals surface area (Å²) < 4.78 is 4.71. The molecule has 7 heteroatoms. The summed E-state index contributed by atoms with van der Waals surface area (Å²) in [5.41, 5.74) is 1.77. The molecule has 0 spiro atoms. The lowest BCUT2D eigenvalue weighted by molar-refractivity contribution is 0.0600. The Bertz CT molecular complexity index is 1040. The summed E-state index contributed by atoms with van der Waals surface area (Å²) in [4.78, 5) is 33.4. The number of aromatic nitrogens is 2. The number of methoxy groups -OCH3 is 1. The number of nitrogens with zero attached hydrogens (tertiary/aromatic N) is 2. The van der Waals surface area contributed by atoms with Gasteiger partial charge in [-0.2, -0.15) is 0 Å². The van der Waals surface area contributed by atoms with Gasteiger partial charge in [-0.25, -0.2) is 14.8 Å². The Balaban J connectivity index is 1.91. The molecule has 3 aromatic rings. The number of nitrogens with one attached hydrogen (secondary N) is 2. The van der Waals surface area contributed by atoms with Crippen LogP contribution >= 0.6 is 0 Å². The number of esters is 1. The van der Waals surface area contributed by atoms with Crippen LogP contribution in [0.1, 0.15) is 20.8 Å². The number of carbonyl (C=O) groups excluding carboxylic acids is 2. The molecule has 1 heterocycles. The number of hydrogen-bond acceptors (Lipinski definition) is 6. The molecule has 0 saturated carbocycles. The number of benzene rings is 2. The van der Waals surface area contributed by atoms with Crippen molar-refractivity contribution in [3.05, 3.63) is 84.6 Å². The molecule has 0 aliphatic rings. The predicted molar refractivity (Wildman–Crippen MR) is 112 cm³/mol. The van der Waals surface area contributed by atoms with Crippen molar-refractivity contribution in [2.75, 3.05) is 24.3 Å². The number of anilines is 2. The van der Waals surface area contributed by atoms with Gasteiger partial charge in [0.25, 0.3) is 5.91 Å². The van der Waals surface area contributed by atoms with E-state index in [9.17, 15) is 9.59 Å². The third kappa shape index (κ3) is 5.04. The second-order valence-electron chi connectivity index (χ2n) is 6.02. The summed E-state index contributed by atoms with van der Waals surface area (Å²) in [6, 6.07) is 17.4. The highest BCUT2D eigenvalue weighted by Crippen LogP contribution is 2.19. The molecule has 0 saturated heterocycles. The van der Waals surface area contributed by atoms with Crippen LogP contribution in [0.4, 0.5) is 11.5 Å². The van der Waals surface area contributed by atoms with Gasteiger partial charge in [0.1, 0.15) is 11.5 Å². The Morgan fingerprint density at radius 3 is 2.59 bits per heavy atom. The van der Waals surface area contributed by atoms with Crippen LogP contribution < -0.4 is 10.6 Å². The van der Waals surface area contributed by atoms with E-state index in [4.69, 9.17) is 4.74 Å². The molecular formula is C22H20N4O3. The summed E-state index contributed by atoms with van der Waals surface area (Å²) in [6.07, 6.45) is 1.70. The standard InChI is InChI=1S/C22H20N4O3/c1-3-12-23-19-14-18(25-20(26-19)15-8-5-4-6-9-15)21(27)24-17-11-7-10-16(13-17)22(28)29-2/h3-11,13-14H,1,12H2,2H3,(H,24,27)(H,23,25,26). The van der Waals surface area contributed by atoms with E-state index in [0.717, 1.165) is 5.56 Å². The van der Waals surface area contributed by atoms with Crippen molar-refractivity contribution in [1.29, 1.82) is 0 Å². The summed E-state index contributed by atoms with van der Waals surface area (Å²) >= 11 is 0. The summed E-state index contributed by atoms with van der Waals surface area (Å²) in [5.74, 6) is 0.0269. The van der Waals surface area contributed by atoms with E-state index in [-0.39, 0.29) is 5.69 Å². The first-order chi connectivity index (χ1) is 14.1. The fourth-order valence-corrected chi connectivity index (χ4v) is 2.58. The van der Waals surface area contributed by atoms with Crippen LogP contribution in [-0.4, -0.2) is 35.5 Å². The van der Waals surface area contributed by atoms with E-state index < -0.39 is 11.9 Å². The average molecular weight is 388 g/mol. The highest BCUT2D eigenvalue weighted by molar-refractivity contribution is 6.04. The normalized spacial score (nSPS) is 10.1. The molecule has 2 N–H and O–H groups in total. The van der Waals surface area contributed by atoms with Gasteiger partial charge in [0.15, 0.2) is 5.82 Å². The van der Waals surface area contributed by atoms with Gasteiger partial charge in [-0.15, -0.1) is 6.58 Å². The quantitative estimate of drug-likeness (QED) is 0.473. The molecule has 0 fully saturated rings. The minimum atomic E-state index is -0.481. The minimum Gasteiger partial charge on any atom is -0.465 e. The fourth-order valence-electron chi connectivity index (χ4n) is 2.58. The van der Waals surface area contributed by atoms with Crippen LogP contribution in [0.3, 0.4) is 0 Å². The van der Waals surface area contributed by atoms with E-state index >= 15 is 0 Å². The smallest absolute Gasteiger partial charge is 0.337 e. The zero-order valence-corrected chi connectivity index (χ0v) is 15.9. The van der Waals surface area contributed by atoms with Crippen molar-refractivity contribution in [2.24, 2.45) is 0 Å². The Labute approximate surface area is 168 Å². The maximum absolute atomic E-state index is 12.8. The minimum absolute atomic E-state index is 0.189. The molecule has 1 aromatic heterocycles. The lowest BCUT2D eigenvalue weighted by Crippen LogP contribution is -2.16. The van der Waals surface area contributed by atoms with Crippen LogP contribution in [0.15, 0.2) is 73.3 Å². The molecule has 0 bridgehead atoms. The van der Waals surface area contributed by atoms with Crippen molar-refractivity contribution in [1.82, 2.24) is 9.97 Å². The zero-order chi connectivity index (χ0) is 20.6. The molecular weight excluding hydrogens is 368 g/mol. The summed E-state index contributed by atoms with van der Waals surface area (Å²) in [5, 5.41) is 5.84. The molecule has 0 atom stereocenters. The monoisotopic (exact) mass is 388 g/mol. The predicted octanol–water partition coefficient (Wildman–Crippen LogP) is 3.78. The van der Waals surface area contributed by atoms with Crippen molar-refractivity contribution in [3.63, 3.8) is 0 Å². The van der Waals surface area contributed by atoms with Crippen LogP contribution in [0.2, 0.25) is 0 Å². The van der Waals surface area contributed by atoms with Gasteiger partial charge < -0.3 is 15.4 Å². The third-order valence-corrected chi connectivity index (χ3v) is 3.96. The van der Waals surface area contributed by atoms with Crippen molar-refractivity contribution < 1.29 is 14.3 Å². The Morgan fingerprint density at radius 2 is 1.86 bits per heavy atom. The van der Waals surface area contributed by atoms with Gasteiger partial charge in [0, 0.05) is 23.9 Å². The van der Waals surface area contributed by atoms with Crippen molar-refractivity contribution in [2.45, 2.75) is 0 Å². The van der Waals surface area contributed by atoms with Gasteiger partial charge in [0.05, 0.1) is 12.7 Å². The molecule has 0 radical (unpaired) electrons. The number of carbonyl (C=O) groups is 2. The zero-order valence-electron chi connectivity index (χ0n) is 15.9. The first-order valence-corrected chi connectivity index (χ1v) is 8.89. The Kier molecular flexibility index (Phi) is 6.32. The topological polar surface area (TPSA) is 93.2 Å². The second kappa shape index (κ2) is 9.27. The van der Waals surface area contributed by atoms with Gasteiger partial charge in [-0.1, -0.05) is 42.5 Å². The Hall–Kier alpha value is -4.00. The van der Waals surface area contributed by atoms with E-state index in [1.165, 1.54) is 7.11 Å². The fraction of sp³-hybridized carbons (Fsp3) is 0.0909. The highest BCUT2D eigenvalue weighted by Gasteiger charge is 2.14. The van der Waals surface area contributed by atoms with Crippen molar-refractivity contribution in [3.8, 4) is 11.4 Å². The van der Waals surface area contributed by atoms with E-state index in [0.29, 0.717) is 29.4 Å². The summed E-state index contributed by atoms with van der Waals surface area (Å²) in [6.45, 7) is 4.17. The average Bonchev–Trinajstić information content (AvgIpc) is 2.77. The van der Waals surface area contributed by atoms with E-state index in [1.54, 1.807) is 36.4 Å².